The van der Waals surface area contributed by atoms with Gasteiger partial charge < -0.3 is 14.8 Å². The molecule has 0 fully saturated rings. The van der Waals surface area contributed by atoms with Gasteiger partial charge in [0.25, 0.3) is 0 Å². The third-order valence-electron chi connectivity index (χ3n) is 3.24. The summed E-state index contributed by atoms with van der Waals surface area (Å²) >= 11 is 0. The molecule has 2 rings (SSSR count). The first-order chi connectivity index (χ1) is 11.5. The van der Waals surface area contributed by atoms with E-state index in [1.807, 2.05) is 0 Å². The Labute approximate surface area is 140 Å². The van der Waals surface area contributed by atoms with Crippen LogP contribution in [0.5, 0.6) is 11.5 Å². The summed E-state index contributed by atoms with van der Waals surface area (Å²) in [5.74, 6) is 0.394. The van der Waals surface area contributed by atoms with E-state index in [4.69, 9.17) is 9.47 Å². The monoisotopic (exact) mass is 350 g/mol. The number of anilines is 1. The van der Waals surface area contributed by atoms with Crippen LogP contribution in [-0.2, 0) is 14.6 Å². The van der Waals surface area contributed by atoms with E-state index < -0.39 is 15.7 Å². The second-order valence-corrected chi connectivity index (χ2v) is 6.96. The third kappa shape index (κ3) is 4.45. The number of benzene rings is 1. The zero-order chi connectivity index (χ0) is 17.6. The van der Waals surface area contributed by atoms with Gasteiger partial charge in [-0.15, -0.1) is 0 Å². The zero-order valence-corrected chi connectivity index (χ0v) is 14.2. The van der Waals surface area contributed by atoms with Crippen molar-refractivity contribution in [1.29, 1.82) is 0 Å². The number of hydrogen-bond acceptors (Lipinski definition) is 6. The molecule has 0 bridgehead atoms. The van der Waals surface area contributed by atoms with E-state index in [-0.39, 0.29) is 17.1 Å². The molecule has 0 atom stereocenters. The lowest BCUT2D eigenvalue weighted by Crippen LogP contribution is -2.18. The third-order valence-corrected chi connectivity index (χ3v) is 4.96. The minimum Gasteiger partial charge on any atom is -0.493 e. The van der Waals surface area contributed by atoms with Crippen molar-refractivity contribution in [3.05, 3.63) is 42.6 Å². The largest absolute Gasteiger partial charge is 0.493 e. The number of amides is 1. The van der Waals surface area contributed by atoms with Crippen LogP contribution in [0.15, 0.2) is 47.5 Å². The zero-order valence-electron chi connectivity index (χ0n) is 13.4. The fourth-order valence-corrected chi connectivity index (χ4v) is 3.25. The maximum atomic E-state index is 12.4. The summed E-state index contributed by atoms with van der Waals surface area (Å²) in [5, 5.41) is 2.55. The van der Waals surface area contributed by atoms with Crippen molar-refractivity contribution in [2.24, 2.45) is 0 Å². The van der Waals surface area contributed by atoms with Crippen LogP contribution < -0.4 is 14.8 Å². The highest BCUT2D eigenvalue weighted by molar-refractivity contribution is 7.91. The normalized spacial score (nSPS) is 10.9. The molecule has 2 aromatic rings. The van der Waals surface area contributed by atoms with Gasteiger partial charge in [-0.1, -0.05) is 6.07 Å². The molecular formula is C16H18N2O5S. The lowest BCUT2D eigenvalue weighted by molar-refractivity contribution is -0.115. The van der Waals surface area contributed by atoms with Crippen LogP contribution >= 0.6 is 0 Å². The summed E-state index contributed by atoms with van der Waals surface area (Å²) in [7, 11) is -0.731. The Hall–Kier alpha value is -2.61. The summed E-state index contributed by atoms with van der Waals surface area (Å²) in [4.78, 5) is 15.9. The molecule has 0 aliphatic heterocycles. The first-order valence-electron chi connectivity index (χ1n) is 7.12. The maximum Gasteiger partial charge on any atom is 0.226 e. The molecular weight excluding hydrogens is 332 g/mol. The van der Waals surface area contributed by atoms with Crippen molar-refractivity contribution in [1.82, 2.24) is 4.98 Å². The van der Waals surface area contributed by atoms with Gasteiger partial charge >= 0.3 is 0 Å². The van der Waals surface area contributed by atoms with E-state index in [0.29, 0.717) is 17.3 Å². The molecule has 1 heterocycles. The standard InChI is InChI=1S/C16H18N2O5S/c1-22-13-7-6-12(11-14(13)23-2)24(20,21)10-8-16(19)18-15-5-3-4-9-17-15/h3-7,9,11H,8,10H2,1-2H3,(H,17,18,19). The fraction of sp³-hybridized carbons (Fsp3) is 0.250. The first kappa shape index (κ1) is 17.7. The van der Waals surface area contributed by atoms with Crippen LogP contribution in [0.25, 0.3) is 0 Å². The van der Waals surface area contributed by atoms with Crippen LogP contribution in [-0.4, -0.2) is 39.3 Å². The summed E-state index contributed by atoms with van der Waals surface area (Å²) < 4.78 is 34.9. The van der Waals surface area contributed by atoms with E-state index in [2.05, 4.69) is 10.3 Å². The Morgan fingerprint density at radius 2 is 1.88 bits per heavy atom. The minimum absolute atomic E-state index is 0.0748. The summed E-state index contributed by atoms with van der Waals surface area (Å²) in [6.07, 6.45) is 1.36. The number of pyridine rings is 1. The van der Waals surface area contributed by atoms with E-state index in [1.54, 1.807) is 18.2 Å². The number of nitrogens with one attached hydrogen (secondary N) is 1. The number of rotatable bonds is 7. The van der Waals surface area contributed by atoms with Crippen molar-refractivity contribution in [2.75, 3.05) is 25.3 Å². The molecule has 0 aliphatic carbocycles. The van der Waals surface area contributed by atoms with Gasteiger partial charge in [0.05, 0.1) is 24.9 Å². The van der Waals surface area contributed by atoms with E-state index in [0.717, 1.165) is 0 Å². The molecule has 0 saturated heterocycles. The molecule has 1 N–H and O–H groups in total. The molecule has 1 amide bonds. The molecule has 8 heteroatoms. The van der Waals surface area contributed by atoms with Gasteiger partial charge in [0, 0.05) is 18.7 Å². The number of carbonyl (C=O) groups is 1. The predicted octanol–water partition coefficient (Wildman–Crippen LogP) is 1.90. The van der Waals surface area contributed by atoms with Crippen molar-refractivity contribution < 1.29 is 22.7 Å². The van der Waals surface area contributed by atoms with Gasteiger partial charge in [-0.3, -0.25) is 4.79 Å². The Morgan fingerprint density at radius 3 is 2.50 bits per heavy atom. The first-order valence-corrected chi connectivity index (χ1v) is 8.77. The SMILES string of the molecule is COc1ccc(S(=O)(=O)CCC(=O)Nc2ccccn2)cc1OC. The Morgan fingerprint density at radius 1 is 1.12 bits per heavy atom. The molecule has 128 valence electrons. The number of carbonyl (C=O) groups excluding carboxylic acids is 1. The van der Waals surface area contributed by atoms with Crippen LogP contribution in [0.2, 0.25) is 0 Å². The van der Waals surface area contributed by atoms with Gasteiger partial charge in [-0.05, 0) is 24.3 Å². The predicted molar refractivity (Wildman–Crippen MR) is 89.1 cm³/mol. The van der Waals surface area contributed by atoms with Crippen molar-refractivity contribution in [3.8, 4) is 11.5 Å². The molecule has 0 saturated carbocycles. The second kappa shape index (κ2) is 7.78. The lowest BCUT2D eigenvalue weighted by atomic mass is 10.3. The number of sulfone groups is 1. The summed E-state index contributed by atoms with van der Waals surface area (Å²) in [6, 6.07) is 9.39. The lowest BCUT2D eigenvalue weighted by Gasteiger charge is -2.10. The molecule has 0 spiro atoms. The molecule has 0 aliphatic rings. The van der Waals surface area contributed by atoms with Crippen LogP contribution in [0, 0.1) is 0 Å². The molecule has 0 radical (unpaired) electrons. The van der Waals surface area contributed by atoms with Crippen LogP contribution in [0.3, 0.4) is 0 Å². The van der Waals surface area contributed by atoms with Crippen molar-refractivity contribution in [2.45, 2.75) is 11.3 Å². The number of hydrogen-bond donors (Lipinski definition) is 1. The van der Waals surface area contributed by atoms with Crippen LogP contribution in [0.4, 0.5) is 5.82 Å². The molecule has 24 heavy (non-hydrogen) atoms. The fourth-order valence-electron chi connectivity index (χ4n) is 2.00. The molecule has 1 aromatic heterocycles. The maximum absolute atomic E-state index is 12.4. The summed E-state index contributed by atoms with van der Waals surface area (Å²) in [5.41, 5.74) is 0. The molecule has 7 nitrogen and oxygen atoms in total. The minimum atomic E-state index is -3.62. The average Bonchev–Trinajstić information content (AvgIpc) is 2.60. The van der Waals surface area contributed by atoms with Gasteiger partial charge in [-0.25, -0.2) is 13.4 Å². The smallest absolute Gasteiger partial charge is 0.226 e. The van der Waals surface area contributed by atoms with E-state index in [1.165, 1.54) is 38.6 Å². The Bertz CT molecular complexity index is 806. The van der Waals surface area contributed by atoms with Gasteiger partial charge in [0.1, 0.15) is 5.82 Å². The topological polar surface area (TPSA) is 94.6 Å². The summed E-state index contributed by atoms with van der Waals surface area (Å²) in [6.45, 7) is 0. The second-order valence-electron chi connectivity index (χ2n) is 4.85. The Kier molecular flexibility index (Phi) is 5.75. The Balaban J connectivity index is 2.04. The molecule has 0 unspecified atom stereocenters. The quantitative estimate of drug-likeness (QED) is 0.819. The van der Waals surface area contributed by atoms with Gasteiger partial charge in [0.2, 0.25) is 5.91 Å². The number of nitrogens with zero attached hydrogens (tertiary/aromatic N) is 1. The van der Waals surface area contributed by atoms with Gasteiger partial charge in [-0.2, -0.15) is 0 Å². The van der Waals surface area contributed by atoms with Crippen LogP contribution in [0.1, 0.15) is 6.42 Å². The average molecular weight is 350 g/mol. The van der Waals surface area contributed by atoms with Crippen molar-refractivity contribution in [3.63, 3.8) is 0 Å². The highest BCUT2D eigenvalue weighted by Gasteiger charge is 2.19. The highest BCUT2D eigenvalue weighted by atomic mass is 32.2. The van der Waals surface area contributed by atoms with E-state index >= 15 is 0 Å². The number of aromatic nitrogens is 1. The molecule has 1 aromatic carbocycles. The van der Waals surface area contributed by atoms with Crippen molar-refractivity contribution >= 4 is 21.6 Å². The van der Waals surface area contributed by atoms with Gasteiger partial charge in [0.15, 0.2) is 21.3 Å². The highest BCUT2D eigenvalue weighted by Crippen LogP contribution is 2.29. The number of methoxy groups -OCH3 is 2. The number of ether oxygens (including phenoxy) is 2. The van der Waals surface area contributed by atoms with E-state index in [9.17, 15) is 13.2 Å².